The second-order valence-corrected chi connectivity index (χ2v) is 4.79. The molecule has 19 heavy (non-hydrogen) atoms. The molecule has 1 aromatic heterocycles. The van der Waals surface area contributed by atoms with E-state index in [4.69, 9.17) is 4.74 Å². The summed E-state index contributed by atoms with van der Waals surface area (Å²) in [5.41, 5.74) is 0.0437. The van der Waals surface area contributed by atoms with Gasteiger partial charge in [0.2, 0.25) is 0 Å². The summed E-state index contributed by atoms with van der Waals surface area (Å²) >= 11 is 1.35. The van der Waals surface area contributed by atoms with Gasteiger partial charge >= 0.3 is 0 Å². The van der Waals surface area contributed by atoms with Crippen LogP contribution in [0.3, 0.4) is 0 Å². The SMILES string of the molecule is CNC(c1ccc(F)c(F)c1F)c1sccc1OC. The molecular weight excluding hydrogens is 275 g/mol. The number of benzene rings is 1. The summed E-state index contributed by atoms with van der Waals surface area (Å²) in [6, 6.07) is 3.29. The third kappa shape index (κ3) is 2.46. The van der Waals surface area contributed by atoms with Crippen LogP contribution in [0.2, 0.25) is 0 Å². The third-order valence-electron chi connectivity index (χ3n) is 2.80. The van der Waals surface area contributed by atoms with Crippen LogP contribution in [-0.2, 0) is 0 Å². The Labute approximate surface area is 112 Å². The molecule has 0 amide bonds. The first kappa shape index (κ1) is 13.9. The van der Waals surface area contributed by atoms with Gasteiger partial charge in [0, 0.05) is 5.56 Å². The molecule has 0 spiro atoms. The van der Waals surface area contributed by atoms with E-state index in [0.717, 1.165) is 6.07 Å². The largest absolute Gasteiger partial charge is 0.496 e. The van der Waals surface area contributed by atoms with E-state index in [9.17, 15) is 13.2 Å². The molecule has 2 rings (SSSR count). The average Bonchev–Trinajstić information content (AvgIpc) is 2.88. The molecule has 1 N–H and O–H groups in total. The van der Waals surface area contributed by atoms with E-state index in [0.29, 0.717) is 10.6 Å². The second kappa shape index (κ2) is 5.63. The first-order chi connectivity index (χ1) is 9.10. The van der Waals surface area contributed by atoms with E-state index in [2.05, 4.69) is 5.32 Å². The normalized spacial score (nSPS) is 12.5. The minimum absolute atomic E-state index is 0.0437. The highest BCUT2D eigenvalue weighted by atomic mass is 32.1. The van der Waals surface area contributed by atoms with Crippen LogP contribution in [0.15, 0.2) is 23.6 Å². The molecule has 102 valence electrons. The van der Waals surface area contributed by atoms with E-state index in [1.54, 1.807) is 18.5 Å². The maximum atomic E-state index is 13.8. The predicted molar refractivity (Wildman–Crippen MR) is 68.1 cm³/mol. The summed E-state index contributed by atoms with van der Waals surface area (Å²) in [5.74, 6) is -3.27. The number of hydrogen-bond donors (Lipinski definition) is 1. The first-order valence-corrected chi connectivity index (χ1v) is 6.40. The molecule has 0 radical (unpaired) electrons. The van der Waals surface area contributed by atoms with Crippen molar-refractivity contribution in [3.8, 4) is 5.75 Å². The van der Waals surface area contributed by atoms with Gasteiger partial charge in [-0.25, -0.2) is 13.2 Å². The maximum absolute atomic E-state index is 13.8. The minimum atomic E-state index is -1.46. The van der Waals surface area contributed by atoms with Crippen LogP contribution in [0.5, 0.6) is 5.75 Å². The lowest BCUT2D eigenvalue weighted by molar-refractivity contribution is 0.405. The molecular formula is C13H12F3NOS. The highest BCUT2D eigenvalue weighted by molar-refractivity contribution is 7.10. The van der Waals surface area contributed by atoms with Gasteiger partial charge < -0.3 is 10.1 Å². The van der Waals surface area contributed by atoms with Crippen molar-refractivity contribution >= 4 is 11.3 Å². The van der Waals surface area contributed by atoms with Crippen molar-refractivity contribution in [1.29, 1.82) is 0 Å². The number of thiophene rings is 1. The van der Waals surface area contributed by atoms with Gasteiger partial charge in [-0.1, -0.05) is 6.07 Å². The summed E-state index contributed by atoms with van der Waals surface area (Å²) in [4.78, 5) is 0.704. The van der Waals surface area contributed by atoms with Crippen LogP contribution in [-0.4, -0.2) is 14.2 Å². The lowest BCUT2D eigenvalue weighted by atomic mass is 10.0. The monoisotopic (exact) mass is 287 g/mol. The van der Waals surface area contributed by atoms with E-state index >= 15 is 0 Å². The first-order valence-electron chi connectivity index (χ1n) is 5.52. The Morgan fingerprint density at radius 3 is 2.53 bits per heavy atom. The van der Waals surface area contributed by atoms with Gasteiger partial charge in [0.15, 0.2) is 17.5 Å². The fourth-order valence-corrected chi connectivity index (χ4v) is 2.87. The molecule has 0 saturated carbocycles. The van der Waals surface area contributed by atoms with Crippen molar-refractivity contribution in [3.05, 3.63) is 51.5 Å². The van der Waals surface area contributed by atoms with Crippen LogP contribution >= 0.6 is 11.3 Å². The van der Waals surface area contributed by atoms with E-state index in [1.165, 1.54) is 24.5 Å². The van der Waals surface area contributed by atoms with Gasteiger partial charge in [0.1, 0.15) is 5.75 Å². The fraction of sp³-hybridized carbons (Fsp3) is 0.231. The van der Waals surface area contributed by atoms with Crippen LogP contribution in [0, 0.1) is 17.5 Å². The van der Waals surface area contributed by atoms with Gasteiger partial charge in [-0.2, -0.15) is 0 Å². The third-order valence-corrected chi connectivity index (χ3v) is 3.77. The number of methoxy groups -OCH3 is 1. The lowest BCUT2D eigenvalue weighted by Crippen LogP contribution is -2.19. The van der Waals surface area contributed by atoms with E-state index in [-0.39, 0.29) is 5.56 Å². The predicted octanol–water partition coefficient (Wildman–Crippen LogP) is 3.48. The van der Waals surface area contributed by atoms with Crippen molar-refractivity contribution < 1.29 is 17.9 Å². The highest BCUT2D eigenvalue weighted by Gasteiger charge is 2.24. The molecule has 0 aliphatic heterocycles. The zero-order chi connectivity index (χ0) is 14.0. The van der Waals surface area contributed by atoms with Crippen LogP contribution in [0.25, 0.3) is 0 Å². The Balaban J connectivity index is 2.52. The molecule has 1 unspecified atom stereocenters. The van der Waals surface area contributed by atoms with Crippen LogP contribution in [0.4, 0.5) is 13.2 Å². The van der Waals surface area contributed by atoms with Gasteiger partial charge in [-0.3, -0.25) is 0 Å². The number of halogens is 3. The molecule has 1 atom stereocenters. The van der Waals surface area contributed by atoms with Crippen LogP contribution < -0.4 is 10.1 Å². The van der Waals surface area contributed by atoms with E-state index < -0.39 is 23.5 Å². The maximum Gasteiger partial charge on any atom is 0.194 e. The smallest absolute Gasteiger partial charge is 0.194 e. The molecule has 0 saturated heterocycles. The molecule has 0 bridgehead atoms. The molecule has 2 nitrogen and oxygen atoms in total. The molecule has 2 aromatic rings. The number of hydrogen-bond acceptors (Lipinski definition) is 3. The lowest BCUT2D eigenvalue weighted by Gasteiger charge is -2.17. The van der Waals surface area contributed by atoms with Gasteiger partial charge in [0.25, 0.3) is 0 Å². The van der Waals surface area contributed by atoms with Crippen molar-refractivity contribution in [3.63, 3.8) is 0 Å². The summed E-state index contributed by atoms with van der Waals surface area (Å²) in [5, 5.41) is 4.67. The Morgan fingerprint density at radius 1 is 1.16 bits per heavy atom. The van der Waals surface area contributed by atoms with Gasteiger partial charge in [-0.05, 0) is 24.6 Å². The quantitative estimate of drug-likeness (QED) is 0.869. The Bertz CT molecular complexity index is 585. The highest BCUT2D eigenvalue weighted by Crippen LogP contribution is 2.36. The standard InChI is InChI=1S/C13H12F3NOS/c1-17-12(13-9(18-2)5-6-19-13)7-3-4-8(14)11(16)10(7)15/h3-6,12,17H,1-2H3. The molecule has 0 fully saturated rings. The zero-order valence-corrected chi connectivity index (χ0v) is 11.2. The van der Waals surface area contributed by atoms with Crippen molar-refractivity contribution in [1.82, 2.24) is 5.32 Å². The number of ether oxygens (including phenoxy) is 1. The summed E-state index contributed by atoms with van der Waals surface area (Å²) in [6.07, 6.45) is 0. The molecule has 1 heterocycles. The van der Waals surface area contributed by atoms with Gasteiger partial charge in [-0.15, -0.1) is 11.3 Å². The van der Waals surface area contributed by atoms with Crippen molar-refractivity contribution in [2.24, 2.45) is 0 Å². The average molecular weight is 287 g/mol. The second-order valence-electron chi connectivity index (χ2n) is 3.84. The summed E-state index contributed by atoms with van der Waals surface area (Å²) < 4.78 is 45.3. The zero-order valence-electron chi connectivity index (χ0n) is 10.3. The summed E-state index contributed by atoms with van der Waals surface area (Å²) in [7, 11) is 3.12. The molecule has 0 aliphatic rings. The van der Waals surface area contributed by atoms with Crippen molar-refractivity contribution in [2.75, 3.05) is 14.2 Å². The Kier molecular flexibility index (Phi) is 4.11. The number of nitrogens with one attached hydrogen (secondary N) is 1. The topological polar surface area (TPSA) is 21.3 Å². The molecule has 6 heteroatoms. The van der Waals surface area contributed by atoms with E-state index in [1.807, 2.05) is 0 Å². The fourth-order valence-electron chi connectivity index (χ4n) is 1.88. The molecule has 0 aliphatic carbocycles. The van der Waals surface area contributed by atoms with Crippen LogP contribution in [0.1, 0.15) is 16.5 Å². The summed E-state index contributed by atoms with van der Waals surface area (Å²) in [6.45, 7) is 0. The molecule has 1 aromatic carbocycles. The Hall–Kier alpha value is -1.53. The number of rotatable bonds is 4. The van der Waals surface area contributed by atoms with Crippen molar-refractivity contribution in [2.45, 2.75) is 6.04 Å². The Morgan fingerprint density at radius 2 is 1.89 bits per heavy atom. The van der Waals surface area contributed by atoms with Gasteiger partial charge in [0.05, 0.1) is 18.0 Å². The minimum Gasteiger partial charge on any atom is -0.496 e.